The molecule has 0 amide bonds. The van der Waals surface area contributed by atoms with E-state index in [2.05, 4.69) is 11.1 Å². The number of hydrogen-bond acceptors (Lipinski definition) is 2. The molecule has 1 aromatic heterocycles. The molecule has 0 bridgehead atoms. The maximum absolute atomic E-state index is 12.2. The van der Waals surface area contributed by atoms with Gasteiger partial charge in [-0.25, -0.2) is 0 Å². The molecule has 1 aromatic carbocycles. The van der Waals surface area contributed by atoms with E-state index >= 15 is 0 Å². The fourth-order valence-corrected chi connectivity index (χ4v) is 2.14. The third kappa shape index (κ3) is 2.04. The van der Waals surface area contributed by atoms with Gasteiger partial charge in [0, 0.05) is 23.1 Å². The minimum absolute atomic E-state index is 0.0333. The fourth-order valence-electron chi connectivity index (χ4n) is 1.92. The normalized spacial score (nSPS) is 10.4. The molecule has 2 rings (SSSR count). The Morgan fingerprint density at radius 3 is 2.94 bits per heavy atom. The third-order valence-electron chi connectivity index (χ3n) is 2.78. The summed E-state index contributed by atoms with van der Waals surface area (Å²) in [4.78, 5) is 15.4. The van der Waals surface area contributed by atoms with E-state index in [9.17, 15) is 4.79 Å². The van der Waals surface area contributed by atoms with Crippen molar-refractivity contribution >= 4 is 22.5 Å². The van der Waals surface area contributed by atoms with Crippen LogP contribution in [0.25, 0.3) is 10.9 Å². The molecule has 17 heavy (non-hydrogen) atoms. The smallest absolute Gasteiger partial charge is 0.192 e. The Morgan fingerprint density at radius 1 is 1.47 bits per heavy atom. The number of hydrogen-bond donors (Lipinski definition) is 1. The number of fused-ring (bicyclic) bond motifs is 1. The van der Waals surface area contributed by atoms with Gasteiger partial charge >= 0.3 is 0 Å². The number of halogens is 1. The standard InChI is InChI=1S/C13H11ClN2O/c1-8-9(5-3-7-15)13(17)10-4-2-6-11(14)12(10)16-8/h2,4,6H,3,5H2,1H3,(H,16,17). The highest BCUT2D eigenvalue weighted by atomic mass is 35.5. The summed E-state index contributed by atoms with van der Waals surface area (Å²) < 4.78 is 0. The van der Waals surface area contributed by atoms with Crippen LogP contribution in [0.1, 0.15) is 17.7 Å². The van der Waals surface area contributed by atoms with Crippen molar-refractivity contribution in [2.24, 2.45) is 0 Å². The molecular formula is C13H11ClN2O. The predicted octanol–water partition coefficient (Wildman–Crippen LogP) is 2.95. The summed E-state index contributed by atoms with van der Waals surface area (Å²) >= 11 is 6.04. The van der Waals surface area contributed by atoms with Gasteiger partial charge in [-0.05, 0) is 25.5 Å². The number of rotatable bonds is 2. The van der Waals surface area contributed by atoms with Gasteiger partial charge in [0.25, 0.3) is 0 Å². The van der Waals surface area contributed by atoms with Gasteiger partial charge in [-0.2, -0.15) is 5.26 Å². The summed E-state index contributed by atoms with van der Waals surface area (Å²) in [5.74, 6) is 0. The molecule has 0 unspecified atom stereocenters. The highest BCUT2D eigenvalue weighted by molar-refractivity contribution is 6.35. The van der Waals surface area contributed by atoms with Crippen LogP contribution in [-0.2, 0) is 6.42 Å². The minimum Gasteiger partial charge on any atom is -0.357 e. The van der Waals surface area contributed by atoms with Crippen LogP contribution in [0.15, 0.2) is 23.0 Å². The van der Waals surface area contributed by atoms with Gasteiger partial charge in [-0.3, -0.25) is 4.79 Å². The number of para-hydroxylation sites is 1. The summed E-state index contributed by atoms with van der Waals surface area (Å²) in [6.45, 7) is 1.83. The quantitative estimate of drug-likeness (QED) is 0.886. The van der Waals surface area contributed by atoms with Crippen molar-refractivity contribution in [1.82, 2.24) is 4.98 Å². The second-order valence-electron chi connectivity index (χ2n) is 3.88. The summed E-state index contributed by atoms with van der Waals surface area (Å²) in [6.07, 6.45) is 0.816. The van der Waals surface area contributed by atoms with Crippen molar-refractivity contribution in [3.63, 3.8) is 0 Å². The summed E-state index contributed by atoms with van der Waals surface area (Å²) in [6, 6.07) is 7.29. The summed E-state index contributed by atoms with van der Waals surface area (Å²) in [7, 11) is 0. The SMILES string of the molecule is Cc1[nH]c2c(Cl)cccc2c(=O)c1CCC#N. The van der Waals surface area contributed by atoms with Crippen LogP contribution in [-0.4, -0.2) is 4.98 Å². The minimum atomic E-state index is -0.0333. The Morgan fingerprint density at radius 2 is 2.24 bits per heavy atom. The molecular weight excluding hydrogens is 236 g/mol. The van der Waals surface area contributed by atoms with E-state index in [1.54, 1.807) is 18.2 Å². The lowest BCUT2D eigenvalue weighted by atomic mass is 10.0. The van der Waals surface area contributed by atoms with E-state index in [1.165, 1.54) is 0 Å². The molecule has 1 heterocycles. The van der Waals surface area contributed by atoms with Gasteiger partial charge in [0.15, 0.2) is 5.43 Å². The Kier molecular flexibility index (Phi) is 3.16. The maximum atomic E-state index is 12.2. The molecule has 0 atom stereocenters. The van der Waals surface area contributed by atoms with E-state index in [4.69, 9.17) is 16.9 Å². The second-order valence-corrected chi connectivity index (χ2v) is 4.29. The van der Waals surface area contributed by atoms with Crippen molar-refractivity contribution in [1.29, 1.82) is 5.26 Å². The Labute approximate surface area is 104 Å². The molecule has 1 N–H and O–H groups in total. The number of aryl methyl sites for hydroxylation is 1. The number of H-pyrrole nitrogens is 1. The van der Waals surface area contributed by atoms with Crippen molar-refractivity contribution in [3.8, 4) is 6.07 Å². The van der Waals surface area contributed by atoms with Gasteiger partial charge in [-0.1, -0.05) is 17.7 Å². The molecule has 2 aromatic rings. The fraction of sp³-hybridized carbons (Fsp3) is 0.231. The number of pyridine rings is 1. The maximum Gasteiger partial charge on any atom is 0.192 e. The number of benzene rings is 1. The highest BCUT2D eigenvalue weighted by Gasteiger charge is 2.10. The Balaban J connectivity index is 2.73. The molecule has 0 aliphatic rings. The molecule has 3 nitrogen and oxygen atoms in total. The monoisotopic (exact) mass is 246 g/mol. The molecule has 0 radical (unpaired) electrons. The lowest BCUT2D eigenvalue weighted by molar-refractivity contribution is 0.967. The van der Waals surface area contributed by atoms with Crippen molar-refractivity contribution in [3.05, 3.63) is 44.7 Å². The van der Waals surface area contributed by atoms with Crippen LogP contribution in [0.4, 0.5) is 0 Å². The second kappa shape index (κ2) is 4.60. The van der Waals surface area contributed by atoms with Gasteiger partial charge < -0.3 is 4.98 Å². The van der Waals surface area contributed by atoms with Crippen LogP contribution < -0.4 is 5.43 Å². The molecule has 0 aliphatic heterocycles. The Hall–Kier alpha value is -1.79. The van der Waals surface area contributed by atoms with Crippen LogP contribution in [0, 0.1) is 18.3 Å². The number of aromatic amines is 1. The van der Waals surface area contributed by atoms with Gasteiger partial charge in [0.2, 0.25) is 0 Å². The van der Waals surface area contributed by atoms with E-state index in [1.807, 2.05) is 6.92 Å². The highest BCUT2D eigenvalue weighted by Crippen LogP contribution is 2.20. The van der Waals surface area contributed by atoms with Crippen LogP contribution in [0.2, 0.25) is 5.02 Å². The lowest BCUT2D eigenvalue weighted by Crippen LogP contribution is -2.13. The first-order valence-corrected chi connectivity index (χ1v) is 5.70. The lowest BCUT2D eigenvalue weighted by Gasteiger charge is -2.07. The topological polar surface area (TPSA) is 56.6 Å². The Bertz CT molecular complexity index is 667. The van der Waals surface area contributed by atoms with Gasteiger partial charge in [0.1, 0.15) is 0 Å². The first kappa shape index (κ1) is 11.7. The number of nitriles is 1. The van der Waals surface area contributed by atoms with Gasteiger partial charge in [0.05, 0.1) is 16.6 Å². The zero-order valence-corrected chi connectivity index (χ0v) is 10.1. The van der Waals surface area contributed by atoms with Crippen molar-refractivity contribution in [2.75, 3.05) is 0 Å². The number of nitrogens with zero attached hydrogens (tertiary/aromatic N) is 1. The first-order valence-electron chi connectivity index (χ1n) is 5.32. The average Bonchev–Trinajstić information content (AvgIpc) is 2.31. The first-order chi connectivity index (χ1) is 8.15. The van der Waals surface area contributed by atoms with Crippen LogP contribution >= 0.6 is 11.6 Å². The van der Waals surface area contributed by atoms with Crippen molar-refractivity contribution < 1.29 is 0 Å². The van der Waals surface area contributed by atoms with E-state index in [-0.39, 0.29) is 5.43 Å². The van der Waals surface area contributed by atoms with Gasteiger partial charge in [-0.15, -0.1) is 0 Å². The van der Waals surface area contributed by atoms with E-state index in [0.29, 0.717) is 34.3 Å². The van der Waals surface area contributed by atoms with E-state index < -0.39 is 0 Å². The summed E-state index contributed by atoms with van der Waals surface area (Å²) in [5.41, 5.74) is 2.08. The third-order valence-corrected chi connectivity index (χ3v) is 3.10. The molecule has 0 spiro atoms. The van der Waals surface area contributed by atoms with Crippen LogP contribution in [0.5, 0.6) is 0 Å². The zero-order valence-electron chi connectivity index (χ0n) is 9.38. The molecule has 0 saturated carbocycles. The zero-order chi connectivity index (χ0) is 12.4. The summed E-state index contributed by atoms with van der Waals surface area (Å²) in [5, 5.41) is 9.70. The van der Waals surface area contributed by atoms with Crippen molar-refractivity contribution in [2.45, 2.75) is 19.8 Å². The number of nitrogens with one attached hydrogen (secondary N) is 1. The molecule has 0 fully saturated rings. The molecule has 4 heteroatoms. The van der Waals surface area contributed by atoms with Crippen LogP contribution in [0.3, 0.4) is 0 Å². The molecule has 0 aliphatic carbocycles. The largest absolute Gasteiger partial charge is 0.357 e. The molecule has 86 valence electrons. The average molecular weight is 247 g/mol. The predicted molar refractivity (Wildman–Crippen MR) is 68.2 cm³/mol. The number of aromatic nitrogens is 1. The molecule has 0 saturated heterocycles. The van der Waals surface area contributed by atoms with E-state index in [0.717, 1.165) is 5.69 Å².